The average Bonchev–Trinajstić information content (AvgIpc) is 2.19. The van der Waals surface area contributed by atoms with Crippen LogP contribution < -0.4 is 0 Å². The molecule has 0 heterocycles. The molecule has 0 bridgehead atoms. The normalized spacial score (nSPS) is 8.58. The molecule has 0 atom stereocenters. The Morgan fingerprint density at radius 3 is 2.25 bits per heavy atom. The summed E-state index contributed by atoms with van der Waals surface area (Å²) in [6.45, 7) is 0. The van der Waals surface area contributed by atoms with Crippen LogP contribution in [0.4, 0.5) is 0 Å². The van der Waals surface area contributed by atoms with E-state index in [0.717, 1.165) is 7.11 Å². The van der Waals surface area contributed by atoms with Crippen molar-refractivity contribution in [2.45, 2.75) is 4.90 Å². The molecular weight excluding hydrogens is 192 g/mol. The molecule has 1 aromatic carbocycles. The van der Waals surface area contributed by atoms with Crippen molar-refractivity contribution in [3.63, 3.8) is 0 Å². The van der Waals surface area contributed by atoms with Crippen LogP contribution in [0.5, 0.6) is 0 Å². The Kier molecular flexibility index (Phi) is 8.81. The minimum absolute atomic E-state index is 0.166. The molecule has 0 saturated carbocycles. The first kappa shape index (κ1) is 11.8. The fourth-order valence-electron chi connectivity index (χ4n) is 0.570. The number of aliphatic hydroxyl groups excluding tert-OH is 2. The highest BCUT2D eigenvalue weighted by Gasteiger charge is 1.89. The van der Waals surface area contributed by atoms with Crippen molar-refractivity contribution in [3.8, 4) is 0 Å². The molecule has 1 aromatic rings. The van der Waals surface area contributed by atoms with E-state index in [1.807, 2.05) is 30.3 Å². The molecule has 0 aromatic heterocycles. The van der Waals surface area contributed by atoms with E-state index in [-0.39, 0.29) is 5.94 Å². The van der Waals surface area contributed by atoms with Crippen molar-refractivity contribution in [2.75, 3.05) is 13.0 Å². The van der Waals surface area contributed by atoms with Crippen molar-refractivity contribution >= 4 is 21.6 Å². The lowest BCUT2D eigenvalue weighted by Gasteiger charge is -1.94. The first-order valence-corrected chi connectivity index (χ1v) is 5.65. The molecule has 12 heavy (non-hydrogen) atoms. The summed E-state index contributed by atoms with van der Waals surface area (Å²) < 4.78 is 0. The van der Waals surface area contributed by atoms with E-state index in [2.05, 4.69) is 0 Å². The third-order valence-corrected chi connectivity index (χ3v) is 2.89. The molecule has 2 N–H and O–H groups in total. The number of benzene rings is 1. The van der Waals surface area contributed by atoms with Gasteiger partial charge >= 0.3 is 0 Å². The van der Waals surface area contributed by atoms with E-state index < -0.39 is 0 Å². The third kappa shape index (κ3) is 5.49. The van der Waals surface area contributed by atoms with Crippen LogP contribution in [-0.2, 0) is 0 Å². The van der Waals surface area contributed by atoms with Gasteiger partial charge in [0.25, 0.3) is 0 Å². The first-order valence-electron chi connectivity index (χ1n) is 3.33. The monoisotopic (exact) mass is 204 g/mol. The molecule has 0 radical (unpaired) electrons. The van der Waals surface area contributed by atoms with Gasteiger partial charge in [-0.3, -0.25) is 0 Å². The molecule has 4 heteroatoms. The van der Waals surface area contributed by atoms with Gasteiger partial charge in [-0.15, -0.1) is 0 Å². The summed E-state index contributed by atoms with van der Waals surface area (Å²) >= 11 is 0. The number of rotatable bonds is 3. The fraction of sp³-hybridized carbons (Fsp3) is 0.250. The van der Waals surface area contributed by atoms with Crippen molar-refractivity contribution in [3.05, 3.63) is 30.3 Å². The van der Waals surface area contributed by atoms with Crippen molar-refractivity contribution in [1.82, 2.24) is 0 Å². The van der Waals surface area contributed by atoms with Crippen LogP contribution in [0.3, 0.4) is 0 Å². The Bertz CT molecular complexity index is 180. The largest absolute Gasteiger partial charge is 0.400 e. The predicted octanol–water partition coefficient (Wildman–Crippen LogP) is 1.99. The number of hydrogen-bond acceptors (Lipinski definition) is 4. The summed E-state index contributed by atoms with van der Waals surface area (Å²) in [4.78, 5) is 1.18. The lowest BCUT2D eigenvalue weighted by molar-refractivity contribution is 0.376. The highest BCUT2D eigenvalue weighted by Crippen LogP contribution is 2.29. The maximum absolute atomic E-state index is 8.47. The molecule has 0 aliphatic carbocycles. The van der Waals surface area contributed by atoms with E-state index >= 15 is 0 Å². The van der Waals surface area contributed by atoms with Crippen molar-refractivity contribution in [2.24, 2.45) is 0 Å². The van der Waals surface area contributed by atoms with Crippen LogP contribution in [0, 0.1) is 0 Å². The topological polar surface area (TPSA) is 40.5 Å². The summed E-state index contributed by atoms with van der Waals surface area (Å²) in [7, 11) is 4.02. The Morgan fingerprint density at radius 2 is 1.75 bits per heavy atom. The summed E-state index contributed by atoms with van der Waals surface area (Å²) in [6.07, 6.45) is 0. The van der Waals surface area contributed by atoms with Gasteiger partial charge in [-0.1, -0.05) is 39.8 Å². The highest BCUT2D eigenvalue weighted by atomic mass is 33.1. The quantitative estimate of drug-likeness (QED) is 0.583. The predicted molar refractivity (Wildman–Crippen MR) is 55.1 cm³/mol. The van der Waals surface area contributed by atoms with Gasteiger partial charge in [0, 0.05) is 12.0 Å². The van der Waals surface area contributed by atoms with Crippen molar-refractivity contribution in [1.29, 1.82) is 0 Å². The maximum atomic E-state index is 8.47. The molecule has 68 valence electrons. The van der Waals surface area contributed by atoms with E-state index in [0.29, 0.717) is 0 Å². The van der Waals surface area contributed by atoms with Crippen LogP contribution in [0.15, 0.2) is 35.2 Å². The van der Waals surface area contributed by atoms with Gasteiger partial charge in [0.05, 0.1) is 5.94 Å². The molecule has 0 aliphatic heterocycles. The van der Waals surface area contributed by atoms with Gasteiger partial charge in [-0.05, 0) is 12.1 Å². The summed E-state index contributed by atoms with van der Waals surface area (Å²) in [5.41, 5.74) is 0. The van der Waals surface area contributed by atoms with E-state index in [4.69, 9.17) is 10.2 Å². The average molecular weight is 204 g/mol. The van der Waals surface area contributed by atoms with Crippen LogP contribution >= 0.6 is 21.6 Å². The van der Waals surface area contributed by atoms with Gasteiger partial charge in [0.1, 0.15) is 0 Å². The minimum atomic E-state index is 0.166. The summed E-state index contributed by atoms with van der Waals surface area (Å²) in [5, 5.41) is 15.5. The second-order valence-electron chi connectivity index (χ2n) is 1.64. The standard InChI is InChI=1S/C7H8OS2.CH4O/c8-6-9-10-7-4-2-1-3-5-7;1-2/h1-5,8H,6H2;2H,1H3. The Labute approximate surface area is 80.4 Å². The second kappa shape index (κ2) is 8.93. The molecule has 0 aliphatic rings. The number of hydrogen-bond donors (Lipinski definition) is 2. The van der Waals surface area contributed by atoms with Crippen LogP contribution in [0.1, 0.15) is 0 Å². The molecule has 1 rings (SSSR count). The number of aliphatic hydroxyl groups is 2. The van der Waals surface area contributed by atoms with Crippen molar-refractivity contribution < 1.29 is 10.2 Å². The summed E-state index contributed by atoms with van der Waals surface area (Å²) in [6, 6.07) is 9.99. The van der Waals surface area contributed by atoms with Gasteiger partial charge in [-0.2, -0.15) is 0 Å². The SMILES string of the molecule is CO.OCSSc1ccccc1. The maximum Gasteiger partial charge on any atom is 0.0990 e. The van der Waals surface area contributed by atoms with E-state index in [1.54, 1.807) is 10.8 Å². The van der Waals surface area contributed by atoms with E-state index in [9.17, 15) is 0 Å². The smallest absolute Gasteiger partial charge is 0.0990 e. The highest BCUT2D eigenvalue weighted by molar-refractivity contribution is 8.76. The summed E-state index contributed by atoms with van der Waals surface area (Å²) in [5.74, 6) is 0.166. The van der Waals surface area contributed by atoms with Gasteiger partial charge < -0.3 is 10.2 Å². The minimum Gasteiger partial charge on any atom is -0.400 e. The lowest BCUT2D eigenvalue weighted by Crippen LogP contribution is -1.67. The van der Waals surface area contributed by atoms with Gasteiger partial charge in [0.2, 0.25) is 0 Å². The fourth-order valence-corrected chi connectivity index (χ4v) is 1.93. The molecular formula is C8H12O2S2. The first-order chi connectivity index (χ1) is 5.93. The molecule has 0 spiro atoms. The molecule has 0 saturated heterocycles. The van der Waals surface area contributed by atoms with Crippen LogP contribution in [-0.4, -0.2) is 23.3 Å². The lowest BCUT2D eigenvalue weighted by atomic mass is 10.4. The zero-order valence-electron chi connectivity index (χ0n) is 6.80. The Balaban J connectivity index is 0.000000561. The molecule has 0 fully saturated rings. The van der Waals surface area contributed by atoms with Crippen LogP contribution in [0.2, 0.25) is 0 Å². The van der Waals surface area contributed by atoms with Gasteiger partial charge in [-0.25, -0.2) is 0 Å². The Morgan fingerprint density at radius 1 is 1.17 bits per heavy atom. The van der Waals surface area contributed by atoms with Crippen LogP contribution in [0.25, 0.3) is 0 Å². The zero-order valence-corrected chi connectivity index (χ0v) is 8.44. The molecule has 0 amide bonds. The Hall–Kier alpha value is -0.160. The molecule has 2 nitrogen and oxygen atoms in total. The molecule has 0 unspecified atom stereocenters. The zero-order chi connectivity index (χ0) is 9.23. The van der Waals surface area contributed by atoms with E-state index in [1.165, 1.54) is 15.7 Å². The third-order valence-electron chi connectivity index (χ3n) is 0.951. The van der Waals surface area contributed by atoms with Gasteiger partial charge in [0.15, 0.2) is 0 Å². The second-order valence-corrected chi connectivity index (χ2v) is 3.98.